The van der Waals surface area contributed by atoms with E-state index in [1.165, 1.54) is 0 Å². The fourth-order valence-electron chi connectivity index (χ4n) is 1.59. The van der Waals surface area contributed by atoms with E-state index in [0.29, 0.717) is 17.1 Å². The highest BCUT2D eigenvalue weighted by molar-refractivity contribution is 9.10. The fourth-order valence-corrected chi connectivity index (χ4v) is 2.42. The van der Waals surface area contributed by atoms with Gasteiger partial charge in [0.1, 0.15) is 5.82 Å². The second-order valence-electron chi connectivity index (χ2n) is 3.96. The first kappa shape index (κ1) is 14.0. The van der Waals surface area contributed by atoms with Gasteiger partial charge in [-0.2, -0.15) is 0 Å². The van der Waals surface area contributed by atoms with Crippen LogP contribution in [0.3, 0.4) is 0 Å². The molecule has 0 atom stereocenters. The Kier molecular flexibility index (Phi) is 4.21. The van der Waals surface area contributed by atoms with Gasteiger partial charge in [-0.05, 0) is 52.7 Å². The van der Waals surface area contributed by atoms with Crippen molar-refractivity contribution >= 4 is 49.3 Å². The Balaban J connectivity index is 2.33. The van der Waals surface area contributed by atoms with E-state index >= 15 is 0 Å². The van der Waals surface area contributed by atoms with Crippen molar-refractivity contribution in [2.24, 2.45) is 0 Å². The molecule has 1 aromatic heterocycles. The molecule has 98 valence electrons. The molecular formula is C13H11Br2N3O. The number of nitrogen functional groups attached to an aromatic ring is 1. The summed E-state index contributed by atoms with van der Waals surface area (Å²) in [6.45, 7) is 1.81. The number of nitrogens with zero attached hydrogens (tertiary/aromatic N) is 1. The average Bonchev–Trinajstić information content (AvgIpc) is 2.36. The van der Waals surface area contributed by atoms with Crippen LogP contribution in [-0.4, -0.2) is 10.9 Å². The lowest BCUT2D eigenvalue weighted by Crippen LogP contribution is -2.15. The number of aromatic nitrogens is 1. The molecule has 0 fully saturated rings. The molecule has 2 aromatic rings. The van der Waals surface area contributed by atoms with Crippen molar-refractivity contribution < 1.29 is 4.79 Å². The minimum Gasteiger partial charge on any atom is -0.398 e. The van der Waals surface area contributed by atoms with Gasteiger partial charge in [0.05, 0.1) is 4.47 Å². The van der Waals surface area contributed by atoms with Crippen molar-refractivity contribution in [1.29, 1.82) is 0 Å². The average molecular weight is 385 g/mol. The summed E-state index contributed by atoms with van der Waals surface area (Å²) in [4.78, 5) is 16.3. The van der Waals surface area contributed by atoms with E-state index in [1.807, 2.05) is 13.0 Å². The molecule has 19 heavy (non-hydrogen) atoms. The maximum absolute atomic E-state index is 12.2. The van der Waals surface area contributed by atoms with Gasteiger partial charge >= 0.3 is 0 Å². The number of amides is 1. The van der Waals surface area contributed by atoms with Crippen molar-refractivity contribution in [3.05, 3.63) is 50.5 Å². The molecule has 0 aliphatic heterocycles. The third kappa shape index (κ3) is 3.13. The van der Waals surface area contributed by atoms with Crippen LogP contribution in [0.25, 0.3) is 0 Å². The topological polar surface area (TPSA) is 68.0 Å². The Bertz CT molecular complexity index is 644. The van der Waals surface area contributed by atoms with E-state index in [-0.39, 0.29) is 5.91 Å². The van der Waals surface area contributed by atoms with E-state index in [0.717, 1.165) is 14.5 Å². The second-order valence-corrected chi connectivity index (χ2v) is 5.73. The number of benzene rings is 1. The van der Waals surface area contributed by atoms with Crippen LogP contribution in [-0.2, 0) is 0 Å². The van der Waals surface area contributed by atoms with Crippen LogP contribution < -0.4 is 11.1 Å². The Morgan fingerprint density at radius 1 is 1.37 bits per heavy atom. The number of halogens is 2. The molecule has 0 saturated heterocycles. The number of anilines is 2. The first-order chi connectivity index (χ1) is 8.99. The molecular weight excluding hydrogens is 374 g/mol. The largest absolute Gasteiger partial charge is 0.398 e. The lowest BCUT2D eigenvalue weighted by Gasteiger charge is -2.10. The first-order valence-electron chi connectivity index (χ1n) is 5.46. The lowest BCUT2D eigenvalue weighted by atomic mass is 10.1. The number of hydrogen-bond donors (Lipinski definition) is 2. The zero-order chi connectivity index (χ0) is 14.0. The predicted octanol–water partition coefficient (Wildman–Crippen LogP) is 3.75. The van der Waals surface area contributed by atoms with Gasteiger partial charge in [0.2, 0.25) is 0 Å². The molecule has 0 unspecified atom stereocenters. The summed E-state index contributed by atoms with van der Waals surface area (Å²) in [5.41, 5.74) is 7.68. The monoisotopic (exact) mass is 383 g/mol. The van der Waals surface area contributed by atoms with Gasteiger partial charge in [0, 0.05) is 21.9 Å². The highest BCUT2D eigenvalue weighted by atomic mass is 79.9. The van der Waals surface area contributed by atoms with Crippen LogP contribution >= 0.6 is 31.9 Å². The molecule has 1 aromatic carbocycles. The third-order valence-electron chi connectivity index (χ3n) is 2.65. The molecule has 0 radical (unpaired) electrons. The van der Waals surface area contributed by atoms with Crippen molar-refractivity contribution in [2.45, 2.75) is 6.92 Å². The van der Waals surface area contributed by atoms with Crippen molar-refractivity contribution in [3.8, 4) is 0 Å². The van der Waals surface area contributed by atoms with Crippen molar-refractivity contribution in [2.75, 3.05) is 11.1 Å². The van der Waals surface area contributed by atoms with Crippen LogP contribution in [0.4, 0.5) is 11.5 Å². The van der Waals surface area contributed by atoms with Gasteiger partial charge in [0.15, 0.2) is 0 Å². The van der Waals surface area contributed by atoms with E-state index in [2.05, 4.69) is 42.2 Å². The maximum Gasteiger partial charge on any atom is 0.257 e. The van der Waals surface area contributed by atoms with Crippen molar-refractivity contribution in [3.63, 3.8) is 0 Å². The summed E-state index contributed by atoms with van der Waals surface area (Å²) >= 11 is 6.66. The summed E-state index contributed by atoms with van der Waals surface area (Å²) in [5.74, 6) is 0.232. The molecule has 1 heterocycles. The number of carbonyl (C=O) groups excluding carboxylic acids is 1. The molecule has 3 N–H and O–H groups in total. The number of pyridine rings is 1. The van der Waals surface area contributed by atoms with Crippen LogP contribution in [0.5, 0.6) is 0 Å². The van der Waals surface area contributed by atoms with E-state index in [4.69, 9.17) is 5.73 Å². The Morgan fingerprint density at radius 2 is 2.11 bits per heavy atom. The summed E-state index contributed by atoms with van der Waals surface area (Å²) in [6, 6.07) is 7.09. The maximum atomic E-state index is 12.2. The Hall–Kier alpha value is -1.40. The van der Waals surface area contributed by atoms with Gasteiger partial charge in [-0.15, -0.1) is 0 Å². The minimum absolute atomic E-state index is 0.245. The molecule has 4 nitrogen and oxygen atoms in total. The zero-order valence-electron chi connectivity index (χ0n) is 10.1. The summed E-state index contributed by atoms with van der Waals surface area (Å²) < 4.78 is 1.49. The van der Waals surface area contributed by atoms with Gasteiger partial charge in [0.25, 0.3) is 5.91 Å². The van der Waals surface area contributed by atoms with E-state index in [9.17, 15) is 4.79 Å². The molecule has 0 spiro atoms. The lowest BCUT2D eigenvalue weighted by molar-refractivity contribution is 0.102. The number of nitrogens with two attached hydrogens (primary N) is 1. The normalized spacial score (nSPS) is 10.3. The molecule has 1 amide bonds. The summed E-state index contributed by atoms with van der Waals surface area (Å²) in [7, 11) is 0. The Labute approximate surface area is 127 Å². The fraction of sp³-hybridized carbons (Fsp3) is 0.0769. The van der Waals surface area contributed by atoms with Gasteiger partial charge in [-0.1, -0.05) is 15.9 Å². The first-order valence-corrected chi connectivity index (χ1v) is 7.05. The number of carbonyl (C=O) groups is 1. The smallest absolute Gasteiger partial charge is 0.257 e. The second kappa shape index (κ2) is 5.71. The number of rotatable bonds is 2. The third-order valence-corrected chi connectivity index (χ3v) is 3.75. The molecule has 0 bridgehead atoms. The standard InChI is InChI=1S/C13H11Br2N3O/c1-7-9(5-8(14)6-11(7)16)13(19)18-12-10(15)3-2-4-17-12/h2-6H,16H2,1H3,(H,17,18,19). The van der Waals surface area contributed by atoms with Crippen LogP contribution in [0.1, 0.15) is 15.9 Å². The molecule has 0 aliphatic rings. The van der Waals surface area contributed by atoms with E-state index in [1.54, 1.807) is 24.4 Å². The highest BCUT2D eigenvalue weighted by Gasteiger charge is 2.14. The van der Waals surface area contributed by atoms with Crippen molar-refractivity contribution in [1.82, 2.24) is 4.98 Å². The van der Waals surface area contributed by atoms with Crippen LogP contribution in [0, 0.1) is 6.92 Å². The molecule has 0 aliphatic carbocycles. The Morgan fingerprint density at radius 3 is 2.79 bits per heavy atom. The number of hydrogen-bond acceptors (Lipinski definition) is 3. The van der Waals surface area contributed by atoms with Gasteiger partial charge < -0.3 is 11.1 Å². The molecule has 2 rings (SSSR count). The van der Waals surface area contributed by atoms with Crippen LogP contribution in [0.2, 0.25) is 0 Å². The van der Waals surface area contributed by atoms with Crippen LogP contribution in [0.15, 0.2) is 39.4 Å². The highest BCUT2D eigenvalue weighted by Crippen LogP contribution is 2.25. The van der Waals surface area contributed by atoms with Gasteiger partial charge in [-0.3, -0.25) is 4.79 Å². The molecule has 0 saturated carbocycles. The summed E-state index contributed by atoms with van der Waals surface area (Å²) in [5, 5.41) is 2.75. The quantitative estimate of drug-likeness (QED) is 0.774. The summed E-state index contributed by atoms with van der Waals surface area (Å²) in [6.07, 6.45) is 1.61. The molecule has 6 heteroatoms. The number of nitrogens with one attached hydrogen (secondary N) is 1. The SMILES string of the molecule is Cc1c(N)cc(Br)cc1C(=O)Nc1ncccc1Br. The van der Waals surface area contributed by atoms with E-state index < -0.39 is 0 Å². The van der Waals surface area contributed by atoms with Gasteiger partial charge in [-0.25, -0.2) is 4.98 Å². The predicted molar refractivity (Wildman–Crippen MR) is 83.2 cm³/mol. The zero-order valence-corrected chi connectivity index (χ0v) is 13.2. The minimum atomic E-state index is -0.245.